The predicted octanol–water partition coefficient (Wildman–Crippen LogP) is 2.94. The van der Waals surface area contributed by atoms with Gasteiger partial charge < -0.3 is 0 Å². The molecule has 1 aromatic carbocycles. The van der Waals surface area contributed by atoms with E-state index in [0.29, 0.717) is 0 Å². The van der Waals surface area contributed by atoms with E-state index in [1.165, 1.54) is 6.07 Å². The van der Waals surface area contributed by atoms with Gasteiger partial charge in [0.05, 0.1) is 10.2 Å². The molecule has 1 heterocycles. The molecule has 1 saturated heterocycles. The maximum Gasteiger partial charge on any atom is 0.301 e. The lowest BCUT2D eigenvalue weighted by Crippen LogP contribution is -2.34. The van der Waals surface area contributed by atoms with Gasteiger partial charge in [0, 0.05) is 18.1 Å². The quantitative estimate of drug-likeness (QED) is 0.826. The molecule has 2 rings (SSSR count). The number of nitrogens with one attached hydrogen (secondary N) is 1. The monoisotopic (exact) mass is 374 g/mol. The normalized spacial score (nSPS) is 20.7. The van der Waals surface area contributed by atoms with Crippen LogP contribution in [0.15, 0.2) is 16.6 Å². The fourth-order valence-corrected chi connectivity index (χ4v) is 3.81. The molecule has 1 atom stereocenters. The molecule has 0 spiro atoms. The molecule has 0 aromatic heterocycles. The van der Waals surface area contributed by atoms with Crippen LogP contribution in [0.4, 0.5) is 14.5 Å². The van der Waals surface area contributed by atoms with Crippen molar-refractivity contribution in [3.05, 3.63) is 27.4 Å². The van der Waals surface area contributed by atoms with Crippen molar-refractivity contribution in [3.63, 3.8) is 0 Å². The molecule has 0 bridgehead atoms. The van der Waals surface area contributed by atoms with Crippen LogP contribution in [0, 0.1) is 5.82 Å². The molecule has 4 nitrogen and oxygen atoms in total. The van der Waals surface area contributed by atoms with Gasteiger partial charge in [-0.05, 0) is 34.5 Å². The first-order chi connectivity index (χ1) is 8.79. The maximum atomic E-state index is 13.8. The Morgan fingerprint density at radius 1 is 1.47 bits per heavy atom. The van der Waals surface area contributed by atoms with Gasteiger partial charge in [-0.1, -0.05) is 11.6 Å². The van der Waals surface area contributed by atoms with Gasteiger partial charge >= 0.3 is 10.2 Å². The molecule has 1 aromatic rings. The van der Waals surface area contributed by atoms with E-state index in [1.54, 1.807) is 0 Å². The zero-order chi connectivity index (χ0) is 14.2. The second kappa shape index (κ2) is 5.51. The Labute approximate surface area is 123 Å². The van der Waals surface area contributed by atoms with Crippen molar-refractivity contribution >= 4 is 43.4 Å². The van der Waals surface area contributed by atoms with E-state index in [2.05, 4.69) is 20.7 Å². The van der Waals surface area contributed by atoms with Crippen molar-refractivity contribution in [2.45, 2.75) is 12.6 Å². The molecule has 1 fully saturated rings. The third kappa shape index (κ3) is 3.36. The summed E-state index contributed by atoms with van der Waals surface area (Å²) in [6, 6.07) is 2.46. The van der Waals surface area contributed by atoms with E-state index >= 15 is 0 Å². The third-order valence-corrected chi connectivity index (χ3v) is 4.95. The van der Waals surface area contributed by atoms with E-state index in [9.17, 15) is 17.2 Å². The zero-order valence-corrected chi connectivity index (χ0v) is 12.7. The standard InChI is InChI=1S/C10H10BrClF2N2O2S/c11-8-3-6(12)4-9(10(8)14)15-19(17,18)16-2-1-7(13)5-16/h3-4,7,15H,1-2,5H2/t7-/m1/s1. The summed E-state index contributed by atoms with van der Waals surface area (Å²) in [5, 5.41) is 0.177. The van der Waals surface area contributed by atoms with Crippen molar-refractivity contribution in [2.24, 2.45) is 0 Å². The molecular weight excluding hydrogens is 366 g/mol. The Bertz CT molecular complexity index is 599. The smallest absolute Gasteiger partial charge is 0.268 e. The summed E-state index contributed by atoms with van der Waals surface area (Å²) in [5.41, 5.74) is -0.276. The Morgan fingerprint density at radius 3 is 2.74 bits per heavy atom. The molecule has 0 amide bonds. The highest BCUT2D eigenvalue weighted by Gasteiger charge is 2.32. The molecule has 1 aliphatic heterocycles. The highest BCUT2D eigenvalue weighted by Crippen LogP contribution is 2.29. The Kier molecular flexibility index (Phi) is 4.34. The van der Waals surface area contributed by atoms with E-state index in [0.717, 1.165) is 10.4 Å². The summed E-state index contributed by atoms with van der Waals surface area (Å²) in [6.45, 7) is -0.154. The fourth-order valence-electron chi connectivity index (χ4n) is 1.74. The van der Waals surface area contributed by atoms with Gasteiger partial charge in [0.1, 0.15) is 6.17 Å². The number of anilines is 1. The predicted molar refractivity (Wildman–Crippen MR) is 72.7 cm³/mol. The molecule has 0 aliphatic carbocycles. The van der Waals surface area contributed by atoms with E-state index in [-0.39, 0.29) is 34.7 Å². The number of benzene rings is 1. The number of alkyl halides is 1. The minimum Gasteiger partial charge on any atom is -0.268 e. The van der Waals surface area contributed by atoms with Gasteiger partial charge in [-0.15, -0.1) is 0 Å². The molecule has 0 unspecified atom stereocenters. The highest BCUT2D eigenvalue weighted by molar-refractivity contribution is 9.10. The minimum absolute atomic E-state index is 0.0440. The average molecular weight is 376 g/mol. The lowest BCUT2D eigenvalue weighted by atomic mass is 10.3. The van der Waals surface area contributed by atoms with Crippen LogP contribution in [0.2, 0.25) is 5.02 Å². The van der Waals surface area contributed by atoms with Crippen LogP contribution < -0.4 is 4.72 Å². The summed E-state index contributed by atoms with van der Waals surface area (Å²) < 4.78 is 53.7. The fraction of sp³-hybridized carbons (Fsp3) is 0.400. The number of nitrogens with zero attached hydrogens (tertiary/aromatic N) is 1. The van der Waals surface area contributed by atoms with Crippen molar-refractivity contribution in [2.75, 3.05) is 17.8 Å². The second-order valence-corrected chi connectivity index (χ2v) is 7.06. The van der Waals surface area contributed by atoms with Gasteiger partial charge in [0.25, 0.3) is 0 Å². The third-order valence-electron chi connectivity index (χ3n) is 2.67. The van der Waals surface area contributed by atoms with Crippen molar-refractivity contribution in [3.8, 4) is 0 Å². The summed E-state index contributed by atoms with van der Waals surface area (Å²) in [7, 11) is -3.98. The van der Waals surface area contributed by atoms with Crippen LogP contribution in [0.3, 0.4) is 0 Å². The molecule has 1 N–H and O–H groups in total. The summed E-state index contributed by atoms with van der Waals surface area (Å²) in [5.74, 6) is -0.774. The number of rotatable bonds is 3. The van der Waals surface area contributed by atoms with E-state index in [4.69, 9.17) is 11.6 Å². The topological polar surface area (TPSA) is 49.4 Å². The Morgan fingerprint density at radius 2 is 2.16 bits per heavy atom. The van der Waals surface area contributed by atoms with Gasteiger partial charge in [-0.2, -0.15) is 12.7 Å². The second-order valence-electron chi connectivity index (χ2n) is 4.10. The Hall–Kier alpha value is -0.440. The van der Waals surface area contributed by atoms with Crippen LogP contribution in [-0.2, 0) is 10.2 Å². The zero-order valence-electron chi connectivity index (χ0n) is 9.54. The molecular formula is C10H10BrClF2N2O2S. The molecule has 0 radical (unpaired) electrons. The summed E-state index contributed by atoms with van der Waals surface area (Å²) in [4.78, 5) is 0. The summed E-state index contributed by atoms with van der Waals surface area (Å²) >= 11 is 8.66. The van der Waals surface area contributed by atoms with Gasteiger partial charge in [-0.3, -0.25) is 4.72 Å². The van der Waals surface area contributed by atoms with Gasteiger partial charge in [0.15, 0.2) is 5.82 Å². The maximum absolute atomic E-state index is 13.8. The van der Waals surface area contributed by atoms with Crippen molar-refractivity contribution < 1.29 is 17.2 Å². The number of hydrogen-bond donors (Lipinski definition) is 1. The van der Waals surface area contributed by atoms with Gasteiger partial charge in [0.2, 0.25) is 0 Å². The first-order valence-corrected chi connectivity index (χ1v) is 7.97. The number of halogens is 4. The van der Waals surface area contributed by atoms with Gasteiger partial charge in [-0.25, -0.2) is 8.78 Å². The molecule has 19 heavy (non-hydrogen) atoms. The lowest BCUT2D eigenvalue weighted by Gasteiger charge is -2.17. The SMILES string of the molecule is O=S(=O)(Nc1cc(Cl)cc(Br)c1F)N1CC[C@@H](F)C1. The first-order valence-electron chi connectivity index (χ1n) is 5.36. The molecule has 1 aliphatic rings. The molecule has 106 valence electrons. The average Bonchev–Trinajstić information content (AvgIpc) is 2.72. The Balaban J connectivity index is 2.26. The van der Waals surface area contributed by atoms with Crippen molar-refractivity contribution in [1.29, 1.82) is 0 Å². The largest absolute Gasteiger partial charge is 0.301 e. The van der Waals surface area contributed by atoms with Crippen LogP contribution in [-0.4, -0.2) is 32.0 Å². The molecule has 0 saturated carbocycles. The van der Waals surface area contributed by atoms with Crippen LogP contribution in [0.5, 0.6) is 0 Å². The summed E-state index contributed by atoms with van der Waals surface area (Å²) in [6.07, 6.45) is -1.05. The van der Waals surface area contributed by atoms with Crippen LogP contribution in [0.25, 0.3) is 0 Å². The molecule has 9 heteroatoms. The van der Waals surface area contributed by atoms with Crippen molar-refractivity contribution in [1.82, 2.24) is 4.31 Å². The highest BCUT2D eigenvalue weighted by atomic mass is 79.9. The van der Waals surface area contributed by atoms with E-state index in [1.807, 2.05) is 0 Å². The van der Waals surface area contributed by atoms with Crippen LogP contribution in [0.1, 0.15) is 6.42 Å². The first kappa shape index (κ1) is 15.0. The minimum atomic E-state index is -3.98. The van der Waals surface area contributed by atoms with E-state index < -0.39 is 22.2 Å². The van der Waals surface area contributed by atoms with Crippen LogP contribution >= 0.6 is 27.5 Å². The number of hydrogen-bond acceptors (Lipinski definition) is 2. The lowest BCUT2D eigenvalue weighted by molar-refractivity contribution is 0.343.